The van der Waals surface area contributed by atoms with Crippen molar-refractivity contribution in [1.29, 1.82) is 0 Å². The standard InChI is InChI=1S/C19H20N8O3S/c20-31(28,29)14-5-3-4-13(8-14)24-19-25-16(12-9-22-23-10-12)17-18(26-19)27(11-21-17)15-6-1-2-7-30-15/h3-5,8-11,15H,1-2,6-7H2,(H,22,23)(H2,20,28,29)(H,24,25,26). The van der Waals surface area contributed by atoms with Gasteiger partial charge in [0.05, 0.1) is 17.4 Å². The second-order valence-corrected chi connectivity index (χ2v) is 8.79. The van der Waals surface area contributed by atoms with Gasteiger partial charge in [-0.2, -0.15) is 10.1 Å². The topological polar surface area (TPSA) is 154 Å². The molecule has 5 rings (SSSR count). The number of rotatable bonds is 5. The van der Waals surface area contributed by atoms with Crippen LogP contribution in [0.25, 0.3) is 22.4 Å². The summed E-state index contributed by atoms with van der Waals surface area (Å²) in [6.07, 6.45) is 7.91. The minimum Gasteiger partial charge on any atom is -0.358 e. The minimum absolute atomic E-state index is 0.00529. The van der Waals surface area contributed by atoms with Crippen LogP contribution in [0.4, 0.5) is 11.6 Å². The van der Waals surface area contributed by atoms with Crippen LogP contribution in [0.15, 0.2) is 47.9 Å². The highest BCUT2D eigenvalue weighted by molar-refractivity contribution is 7.89. The molecule has 0 aliphatic carbocycles. The molecule has 1 atom stereocenters. The zero-order valence-electron chi connectivity index (χ0n) is 16.4. The summed E-state index contributed by atoms with van der Waals surface area (Å²) in [5.41, 5.74) is 3.08. The number of aromatic amines is 1. The van der Waals surface area contributed by atoms with Crippen molar-refractivity contribution < 1.29 is 13.2 Å². The van der Waals surface area contributed by atoms with E-state index in [0.717, 1.165) is 24.8 Å². The van der Waals surface area contributed by atoms with Gasteiger partial charge in [-0.15, -0.1) is 0 Å². The van der Waals surface area contributed by atoms with E-state index in [1.807, 2.05) is 4.57 Å². The Morgan fingerprint density at radius 3 is 2.90 bits per heavy atom. The lowest BCUT2D eigenvalue weighted by Crippen LogP contribution is -2.18. The number of imidazole rings is 1. The maximum atomic E-state index is 11.7. The molecule has 1 fully saturated rings. The van der Waals surface area contributed by atoms with Crippen molar-refractivity contribution in [2.45, 2.75) is 30.4 Å². The smallest absolute Gasteiger partial charge is 0.238 e. The Labute approximate surface area is 177 Å². The Hall–Kier alpha value is -3.35. The quantitative estimate of drug-likeness (QED) is 0.427. The van der Waals surface area contributed by atoms with Gasteiger partial charge in [-0.1, -0.05) is 6.07 Å². The molecule has 12 heteroatoms. The van der Waals surface area contributed by atoms with Crippen LogP contribution in [0, 0.1) is 0 Å². The fraction of sp³-hybridized carbons (Fsp3) is 0.263. The van der Waals surface area contributed by atoms with Crippen LogP contribution in [0.2, 0.25) is 0 Å². The van der Waals surface area contributed by atoms with Gasteiger partial charge in [-0.25, -0.2) is 23.5 Å². The average molecular weight is 440 g/mol. The highest BCUT2D eigenvalue weighted by Gasteiger charge is 2.22. The Morgan fingerprint density at radius 1 is 1.26 bits per heavy atom. The first-order valence-corrected chi connectivity index (χ1v) is 11.3. The number of nitrogens with two attached hydrogens (primary N) is 1. The van der Waals surface area contributed by atoms with E-state index in [1.165, 1.54) is 12.1 Å². The Morgan fingerprint density at radius 2 is 2.16 bits per heavy atom. The zero-order valence-corrected chi connectivity index (χ0v) is 17.2. The molecule has 1 aromatic carbocycles. The minimum atomic E-state index is -3.83. The first-order valence-electron chi connectivity index (χ1n) is 9.74. The van der Waals surface area contributed by atoms with Crippen molar-refractivity contribution in [3.8, 4) is 11.3 Å². The predicted molar refractivity (Wildman–Crippen MR) is 113 cm³/mol. The van der Waals surface area contributed by atoms with Gasteiger partial charge in [0.15, 0.2) is 5.65 Å². The van der Waals surface area contributed by atoms with Gasteiger partial charge in [0.25, 0.3) is 0 Å². The SMILES string of the molecule is NS(=O)(=O)c1cccc(Nc2nc(-c3cn[nH]c3)c3ncn(C4CCCCO4)c3n2)c1. The van der Waals surface area contributed by atoms with Gasteiger partial charge in [-0.3, -0.25) is 9.67 Å². The van der Waals surface area contributed by atoms with E-state index in [0.29, 0.717) is 29.2 Å². The van der Waals surface area contributed by atoms with E-state index in [9.17, 15) is 8.42 Å². The molecular weight excluding hydrogens is 420 g/mol. The number of nitrogens with zero attached hydrogens (tertiary/aromatic N) is 5. The van der Waals surface area contributed by atoms with Crippen LogP contribution < -0.4 is 10.5 Å². The van der Waals surface area contributed by atoms with E-state index in [4.69, 9.17) is 9.88 Å². The number of ether oxygens (including phenoxy) is 1. The molecule has 4 aromatic rings. The number of benzene rings is 1. The normalized spacial score (nSPS) is 17.1. The second-order valence-electron chi connectivity index (χ2n) is 7.23. The summed E-state index contributed by atoms with van der Waals surface area (Å²) in [6, 6.07) is 6.16. The molecule has 1 aliphatic rings. The van der Waals surface area contributed by atoms with Crippen LogP contribution >= 0.6 is 0 Å². The van der Waals surface area contributed by atoms with E-state index >= 15 is 0 Å². The zero-order chi connectivity index (χ0) is 21.4. The largest absolute Gasteiger partial charge is 0.358 e. The molecule has 0 saturated carbocycles. The Kier molecular flexibility index (Phi) is 4.88. The number of fused-ring (bicyclic) bond motifs is 1. The summed E-state index contributed by atoms with van der Waals surface area (Å²) in [6.45, 7) is 0.690. The molecule has 1 saturated heterocycles. The molecule has 4 heterocycles. The molecule has 3 aromatic heterocycles. The lowest BCUT2D eigenvalue weighted by atomic mass is 10.2. The van der Waals surface area contributed by atoms with Crippen molar-refractivity contribution in [3.05, 3.63) is 43.0 Å². The molecule has 11 nitrogen and oxygen atoms in total. The van der Waals surface area contributed by atoms with Crippen LogP contribution in [0.5, 0.6) is 0 Å². The van der Waals surface area contributed by atoms with Gasteiger partial charge in [0.2, 0.25) is 16.0 Å². The summed E-state index contributed by atoms with van der Waals surface area (Å²) in [5, 5.41) is 15.1. The molecule has 0 amide bonds. The van der Waals surface area contributed by atoms with Crippen LogP contribution in [0.1, 0.15) is 25.5 Å². The summed E-state index contributed by atoms with van der Waals surface area (Å²) in [7, 11) is -3.83. The average Bonchev–Trinajstić information content (AvgIpc) is 3.44. The lowest BCUT2D eigenvalue weighted by Gasteiger charge is -2.23. The summed E-state index contributed by atoms with van der Waals surface area (Å²) < 4.78 is 31.2. The van der Waals surface area contributed by atoms with Crippen LogP contribution in [0.3, 0.4) is 0 Å². The molecule has 4 N–H and O–H groups in total. The molecular formula is C19H20N8O3S. The molecule has 0 spiro atoms. The van der Waals surface area contributed by atoms with Crippen molar-refractivity contribution in [2.75, 3.05) is 11.9 Å². The van der Waals surface area contributed by atoms with Crippen LogP contribution in [-0.2, 0) is 14.8 Å². The van der Waals surface area contributed by atoms with Gasteiger partial charge < -0.3 is 10.1 Å². The Balaban J connectivity index is 1.61. The second kappa shape index (κ2) is 7.72. The molecule has 160 valence electrons. The van der Waals surface area contributed by atoms with E-state index in [-0.39, 0.29) is 17.1 Å². The summed E-state index contributed by atoms with van der Waals surface area (Å²) in [5.74, 6) is 0.285. The summed E-state index contributed by atoms with van der Waals surface area (Å²) >= 11 is 0. The van der Waals surface area contributed by atoms with Crippen molar-refractivity contribution in [2.24, 2.45) is 5.14 Å². The number of aromatic nitrogens is 6. The van der Waals surface area contributed by atoms with Crippen molar-refractivity contribution in [1.82, 2.24) is 29.7 Å². The van der Waals surface area contributed by atoms with Gasteiger partial charge in [-0.05, 0) is 37.5 Å². The van der Waals surface area contributed by atoms with Gasteiger partial charge in [0, 0.05) is 24.1 Å². The highest BCUT2D eigenvalue weighted by Crippen LogP contribution is 2.31. The molecule has 1 aliphatic heterocycles. The third-order valence-electron chi connectivity index (χ3n) is 5.08. The number of H-pyrrole nitrogens is 1. The fourth-order valence-electron chi connectivity index (χ4n) is 3.59. The number of sulfonamides is 1. The number of anilines is 2. The lowest BCUT2D eigenvalue weighted by molar-refractivity contribution is -0.0298. The van der Waals surface area contributed by atoms with Crippen LogP contribution in [-0.4, -0.2) is 44.7 Å². The fourth-order valence-corrected chi connectivity index (χ4v) is 4.15. The van der Waals surface area contributed by atoms with E-state index in [2.05, 4.69) is 30.5 Å². The number of nitrogens with one attached hydrogen (secondary N) is 2. The van der Waals surface area contributed by atoms with E-state index in [1.54, 1.807) is 30.9 Å². The Bertz CT molecular complexity index is 1330. The molecule has 0 radical (unpaired) electrons. The molecule has 31 heavy (non-hydrogen) atoms. The van der Waals surface area contributed by atoms with Gasteiger partial charge >= 0.3 is 0 Å². The number of hydrogen-bond donors (Lipinski definition) is 3. The number of hydrogen-bond acceptors (Lipinski definition) is 8. The number of primary sulfonamides is 1. The highest BCUT2D eigenvalue weighted by atomic mass is 32.2. The van der Waals surface area contributed by atoms with Gasteiger partial charge in [0.1, 0.15) is 17.4 Å². The maximum Gasteiger partial charge on any atom is 0.238 e. The first kappa shape index (κ1) is 19.6. The molecule has 1 unspecified atom stereocenters. The third kappa shape index (κ3) is 3.87. The van der Waals surface area contributed by atoms with Crippen molar-refractivity contribution >= 4 is 32.8 Å². The first-order chi connectivity index (χ1) is 15.0. The van der Waals surface area contributed by atoms with E-state index < -0.39 is 10.0 Å². The predicted octanol–water partition coefficient (Wildman–Crippen LogP) is 2.31. The maximum absolute atomic E-state index is 11.7. The molecule has 0 bridgehead atoms. The summed E-state index contributed by atoms with van der Waals surface area (Å²) in [4.78, 5) is 13.8. The monoisotopic (exact) mass is 440 g/mol. The third-order valence-corrected chi connectivity index (χ3v) is 5.99. The van der Waals surface area contributed by atoms with Crippen molar-refractivity contribution in [3.63, 3.8) is 0 Å².